The minimum absolute atomic E-state index is 0.00292. The van der Waals surface area contributed by atoms with Crippen LogP contribution in [-0.4, -0.2) is 30.8 Å². The van der Waals surface area contributed by atoms with Gasteiger partial charge in [-0.05, 0) is 45.0 Å². The topological polar surface area (TPSA) is 77.0 Å². The predicted molar refractivity (Wildman–Crippen MR) is 96.0 cm³/mol. The van der Waals surface area contributed by atoms with Crippen molar-refractivity contribution in [3.8, 4) is 23.0 Å². The summed E-state index contributed by atoms with van der Waals surface area (Å²) in [5.41, 5.74) is 0.677. The third kappa shape index (κ3) is 4.56. The van der Waals surface area contributed by atoms with Crippen LogP contribution in [0.15, 0.2) is 36.4 Å². The minimum atomic E-state index is -0.383. The van der Waals surface area contributed by atoms with E-state index in [1.54, 1.807) is 30.3 Å². The van der Waals surface area contributed by atoms with Crippen LogP contribution in [0.1, 0.15) is 31.1 Å². The lowest BCUT2D eigenvalue weighted by Gasteiger charge is -2.17. The molecule has 0 aliphatic rings. The van der Waals surface area contributed by atoms with Crippen LogP contribution in [0.25, 0.3) is 0 Å². The summed E-state index contributed by atoms with van der Waals surface area (Å²) in [4.78, 5) is 12.6. The highest BCUT2D eigenvalue weighted by atomic mass is 16.5. The van der Waals surface area contributed by atoms with E-state index in [4.69, 9.17) is 14.2 Å². The minimum Gasteiger partial charge on any atom is -0.506 e. The fraction of sp³-hybridized carbons (Fsp3) is 0.316. The molecule has 0 heterocycles. The van der Waals surface area contributed by atoms with Gasteiger partial charge in [0, 0.05) is 5.56 Å². The normalized spacial score (nSPS) is 10.2. The highest BCUT2D eigenvalue weighted by molar-refractivity contribution is 6.05. The van der Waals surface area contributed by atoms with Crippen molar-refractivity contribution in [2.75, 3.05) is 25.1 Å². The second-order valence-corrected chi connectivity index (χ2v) is 5.07. The molecule has 0 fully saturated rings. The van der Waals surface area contributed by atoms with Crippen molar-refractivity contribution in [1.82, 2.24) is 0 Å². The molecular formula is C19H23NO5. The van der Waals surface area contributed by atoms with Crippen LogP contribution >= 0.6 is 0 Å². The Morgan fingerprint density at radius 2 is 1.52 bits per heavy atom. The number of ether oxygens (including phenoxy) is 3. The van der Waals surface area contributed by atoms with Gasteiger partial charge in [-0.15, -0.1) is 0 Å². The Hall–Kier alpha value is -2.89. The van der Waals surface area contributed by atoms with E-state index in [1.807, 2.05) is 20.8 Å². The Labute approximate surface area is 147 Å². The van der Waals surface area contributed by atoms with E-state index in [9.17, 15) is 9.90 Å². The number of amides is 1. The smallest absolute Gasteiger partial charge is 0.256 e. The first kappa shape index (κ1) is 18.4. The molecule has 1 amide bonds. The van der Waals surface area contributed by atoms with Gasteiger partial charge in [0.15, 0.2) is 11.5 Å². The van der Waals surface area contributed by atoms with Gasteiger partial charge in [0.2, 0.25) is 5.75 Å². The first-order valence-electron chi connectivity index (χ1n) is 8.26. The van der Waals surface area contributed by atoms with Gasteiger partial charge in [-0.25, -0.2) is 0 Å². The molecule has 6 heteroatoms. The molecule has 0 aliphatic carbocycles. The molecule has 0 bridgehead atoms. The fourth-order valence-corrected chi connectivity index (χ4v) is 2.29. The fourth-order valence-electron chi connectivity index (χ4n) is 2.29. The molecule has 0 aromatic heterocycles. The Morgan fingerprint density at radius 3 is 2.04 bits per heavy atom. The lowest BCUT2D eigenvalue weighted by molar-refractivity contribution is 0.102. The van der Waals surface area contributed by atoms with Gasteiger partial charge in [-0.2, -0.15) is 0 Å². The van der Waals surface area contributed by atoms with Crippen molar-refractivity contribution in [3.05, 3.63) is 42.0 Å². The number of phenols is 1. The second-order valence-electron chi connectivity index (χ2n) is 5.07. The zero-order valence-corrected chi connectivity index (χ0v) is 14.7. The number of carbonyl (C=O) groups is 1. The second kappa shape index (κ2) is 8.82. The number of para-hydroxylation sites is 2. The molecule has 0 aliphatic heterocycles. The van der Waals surface area contributed by atoms with Crippen molar-refractivity contribution in [1.29, 1.82) is 0 Å². The van der Waals surface area contributed by atoms with Crippen LogP contribution in [0.2, 0.25) is 0 Å². The van der Waals surface area contributed by atoms with Crippen LogP contribution in [0.3, 0.4) is 0 Å². The number of nitrogens with one attached hydrogen (secondary N) is 1. The highest BCUT2D eigenvalue weighted by Gasteiger charge is 2.19. The quantitative estimate of drug-likeness (QED) is 0.711. The van der Waals surface area contributed by atoms with Crippen molar-refractivity contribution in [3.63, 3.8) is 0 Å². The van der Waals surface area contributed by atoms with E-state index in [0.717, 1.165) is 0 Å². The number of rotatable bonds is 8. The van der Waals surface area contributed by atoms with Crippen LogP contribution in [0.4, 0.5) is 5.69 Å². The van der Waals surface area contributed by atoms with Crippen LogP contribution < -0.4 is 19.5 Å². The molecule has 134 valence electrons. The van der Waals surface area contributed by atoms with Crippen LogP contribution in [0.5, 0.6) is 23.0 Å². The van der Waals surface area contributed by atoms with E-state index in [-0.39, 0.29) is 11.7 Å². The largest absolute Gasteiger partial charge is 0.506 e. The standard InChI is InChI=1S/C19H23NO5/c1-4-23-16-11-13(12-17(24-5-2)18(16)25-6-3)19(22)20-14-9-7-8-10-15(14)21/h7-12,21H,4-6H2,1-3H3,(H,20,22). The molecule has 6 nitrogen and oxygen atoms in total. The van der Waals surface area contributed by atoms with Gasteiger partial charge in [0.25, 0.3) is 5.91 Å². The monoisotopic (exact) mass is 345 g/mol. The maximum Gasteiger partial charge on any atom is 0.256 e. The number of anilines is 1. The number of phenolic OH excluding ortho intramolecular Hbond substituents is 1. The summed E-state index contributed by atoms with van der Waals surface area (Å²) >= 11 is 0. The molecule has 0 spiro atoms. The third-order valence-electron chi connectivity index (χ3n) is 3.32. The first-order chi connectivity index (χ1) is 12.1. The average molecular weight is 345 g/mol. The predicted octanol–water partition coefficient (Wildman–Crippen LogP) is 3.84. The van der Waals surface area contributed by atoms with Crippen molar-refractivity contribution in [2.45, 2.75) is 20.8 Å². The van der Waals surface area contributed by atoms with E-state index in [0.29, 0.717) is 48.3 Å². The summed E-state index contributed by atoms with van der Waals surface area (Å²) in [5, 5.41) is 12.5. The molecular weight excluding hydrogens is 322 g/mol. The molecule has 2 N–H and O–H groups in total. The maximum absolute atomic E-state index is 12.6. The Bertz CT molecular complexity index is 702. The summed E-state index contributed by atoms with van der Waals surface area (Å²) in [5.74, 6) is 0.976. The lowest BCUT2D eigenvalue weighted by Crippen LogP contribution is -2.13. The zero-order valence-electron chi connectivity index (χ0n) is 14.7. The zero-order chi connectivity index (χ0) is 18.2. The van der Waals surface area contributed by atoms with Crippen molar-refractivity contribution in [2.24, 2.45) is 0 Å². The summed E-state index contributed by atoms with van der Waals surface area (Å²) in [6.45, 7) is 6.87. The number of carbonyl (C=O) groups excluding carboxylic acids is 1. The van der Waals surface area contributed by atoms with E-state index in [1.165, 1.54) is 6.07 Å². The summed E-state index contributed by atoms with van der Waals surface area (Å²) in [6, 6.07) is 9.74. The number of aromatic hydroxyl groups is 1. The summed E-state index contributed by atoms with van der Waals surface area (Å²) < 4.78 is 16.8. The maximum atomic E-state index is 12.6. The van der Waals surface area contributed by atoms with Gasteiger partial charge >= 0.3 is 0 Å². The van der Waals surface area contributed by atoms with Gasteiger partial charge in [-0.3, -0.25) is 4.79 Å². The number of hydrogen-bond donors (Lipinski definition) is 2. The SMILES string of the molecule is CCOc1cc(C(=O)Nc2ccccc2O)cc(OCC)c1OCC. The summed E-state index contributed by atoms with van der Waals surface area (Å²) in [6.07, 6.45) is 0. The third-order valence-corrected chi connectivity index (χ3v) is 3.32. The number of hydrogen-bond acceptors (Lipinski definition) is 5. The van der Waals surface area contributed by atoms with Crippen LogP contribution in [-0.2, 0) is 0 Å². The molecule has 25 heavy (non-hydrogen) atoms. The van der Waals surface area contributed by atoms with E-state index >= 15 is 0 Å². The highest BCUT2D eigenvalue weighted by Crippen LogP contribution is 2.39. The average Bonchev–Trinajstić information content (AvgIpc) is 2.60. The molecule has 0 unspecified atom stereocenters. The molecule has 2 rings (SSSR count). The lowest BCUT2D eigenvalue weighted by atomic mass is 10.1. The van der Waals surface area contributed by atoms with Gasteiger partial charge < -0.3 is 24.6 Å². The van der Waals surface area contributed by atoms with Gasteiger partial charge in [0.1, 0.15) is 5.75 Å². The molecule has 2 aromatic carbocycles. The molecule has 0 radical (unpaired) electrons. The first-order valence-corrected chi connectivity index (χ1v) is 8.26. The Balaban J connectivity index is 2.39. The van der Waals surface area contributed by atoms with Crippen molar-refractivity contribution >= 4 is 11.6 Å². The Kier molecular flexibility index (Phi) is 6.51. The molecule has 0 saturated heterocycles. The molecule has 2 aromatic rings. The van der Waals surface area contributed by atoms with E-state index < -0.39 is 0 Å². The van der Waals surface area contributed by atoms with E-state index in [2.05, 4.69) is 5.32 Å². The van der Waals surface area contributed by atoms with Gasteiger partial charge in [0.05, 0.1) is 25.5 Å². The van der Waals surface area contributed by atoms with Gasteiger partial charge in [-0.1, -0.05) is 12.1 Å². The van der Waals surface area contributed by atoms with Crippen LogP contribution in [0, 0.1) is 0 Å². The van der Waals surface area contributed by atoms with Crippen molar-refractivity contribution < 1.29 is 24.1 Å². The summed E-state index contributed by atoms with van der Waals surface area (Å²) in [7, 11) is 0. The molecule has 0 atom stereocenters. The molecule has 0 saturated carbocycles. The number of benzene rings is 2. The Morgan fingerprint density at radius 1 is 0.960 bits per heavy atom.